The second-order valence-corrected chi connectivity index (χ2v) is 5.26. The van der Waals surface area contributed by atoms with E-state index in [-0.39, 0.29) is 12.1 Å². The Kier molecular flexibility index (Phi) is 4.42. The van der Waals surface area contributed by atoms with Crippen molar-refractivity contribution in [3.63, 3.8) is 0 Å². The first-order chi connectivity index (χ1) is 9.94. The third-order valence-electron chi connectivity index (χ3n) is 3.80. The van der Waals surface area contributed by atoms with Gasteiger partial charge in [0.2, 0.25) is 0 Å². The number of nitrogens with zero attached hydrogens (tertiary/aromatic N) is 1. The zero-order valence-corrected chi connectivity index (χ0v) is 11.9. The Labute approximate surface area is 122 Å². The number of carbonyl (C=O) groups is 2. The maximum Gasteiger partial charge on any atom is 0.311 e. The van der Waals surface area contributed by atoms with Crippen LogP contribution in [0.2, 0.25) is 0 Å². The third-order valence-corrected chi connectivity index (χ3v) is 3.80. The van der Waals surface area contributed by atoms with Gasteiger partial charge >= 0.3 is 5.97 Å². The standard InChI is InChI=1S/C14H19N3O4/c1-9-2-3-10(11(15)18)12(17-9)16-8-14(13(19)20)4-6-21-7-5-14/h2-3H,4-8H2,1H3,(H2,15,18)(H,16,17)(H,19,20). The molecule has 4 N–H and O–H groups in total. The number of carboxylic acid groups (broad SMARTS) is 1. The Bertz CT molecular complexity index is 553. The van der Waals surface area contributed by atoms with Gasteiger partial charge in [-0.25, -0.2) is 4.98 Å². The Morgan fingerprint density at radius 1 is 1.43 bits per heavy atom. The topological polar surface area (TPSA) is 115 Å². The third kappa shape index (κ3) is 3.30. The average molecular weight is 293 g/mol. The normalized spacial score (nSPS) is 17.2. The van der Waals surface area contributed by atoms with Gasteiger partial charge in [0, 0.05) is 25.5 Å². The van der Waals surface area contributed by atoms with Crippen LogP contribution in [0.15, 0.2) is 12.1 Å². The number of pyridine rings is 1. The maximum atomic E-state index is 11.6. The molecule has 1 amide bonds. The van der Waals surface area contributed by atoms with Gasteiger partial charge in [-0.15, -0.1) is 0 Å². The number of carboxylic acids is 1. The molecule has 1 aromatic rings. The number of anilines is 1. The fourth-order valence-electron chi connectivity index (χ4n) is 2.37. The number of primary amides is 1. The van der Waals surface area contributed by atoms with Crippen LogP contribution in [-0.2, 0) is 9.53 Å². The summed E-state index contributed by atoms with van der Waals surface area (Å²) >= 11 is 0. The minimum absolute atomic E-state index is 0.183. The molecule has 0 saturated carbocycles. The van der Waals surface area contributed by atoms with Gasteiger partial charge in [-0.3, -0.25) is 9.59 Å². The molecule has 0 spiro atoms. The van der Waals surface area contributed by atoms with Crippen LogP contribution in [0.1, 0.15) is 28.9 Å². The molecule has 7 nitrogen and oxygen atoms in total. The molecule has 1 saturated heterocycles. The monoisotopic (exact) mass is 293 g/mol. The van der Waals surface area contributed by atoms with Crippen molar-refractivity contribution in [2.75, 3.05) is 25.1 Å². The van der Waals surface area contributed by atoms with Crippen molar-refractivity contribution in [3.8, 4) is 0 Å². The first kappa shape index (κ1) is 15.2. The highest BCUT2D eigenvalue weighted by molar-refractivity contribution is 5.97. The highest BCUT2D eigenvalue weighted by atomic mass is 16.5. The van der Waals surface area contributed by atoms with E-state index in [1.165, 1.54) is 0 Å². The molecule has 0 atom stereocenters. The fourth-order valence-corrected chi connectivity index (χ4v) is 2.37. The van der Waals surface area contributed by atoms with E-state index in [0.717, 1.165) is 5.69 Å². The van der Waals surface area contributed by atoms with Crippen molar-refractivity contribution in [2.24, 2.45) is 11.1 Å². The first-order valence-electron chi connectivity index (χ1n) is 6.77. The van der Waals surface area contributed by atoms with Gasteiger partial charge in [-0.05, 0) is 31.9 Å². The molecule has 2 rings (SSSR count). The number of aromatic nitrogens is 1. The number of amides is 1. The van der Waals surface area contributed by atoms with E-state index < -0.39 is 17.3 Å². The van der Waals surface area contributed by atoms with E-state index in [0.29, 0.717) is 31.9 Å². The van der Waals surface area contributed by atoms with Gasteiger partial charge in [-0.1, -0.05) is 0 Å². The fraction of sp³-hybridized carbons (Fsp3) is 0.500. The second-order valence-electron chi connectivity index (χ2n) is 5.26. The molecule has 21 heavy (non-hydrogen) atoms. The van der Waals surface area contributed by atoms with Gasteiger partial charge in [0.1, 0.15) is 5.82 Å². The summed E-state index contributed by atoms with van der Waals surface area (Å²) in [6.45, 7) is 2.80. The average Bonchev–Trinajstić information content (AvgIpc) is 2.45. The minimum atomic E-state index is -0.904. The molecular weight excluding hydrogens is 274 g/mol. The highest BCUT2D eigenvalue weighted by Gasteiger charge is 2.40. The van der Waals surface area contributed by atoms with Crippen LogP contribution in [0.4, 0.5) is 5.82 Å². The molecule has 7 heteroatoms. The summed E-state index contributed by atoms with van der Waals surface area (Å²) in [5.41, 5.74) is 5.39. The predicted molar refractivity (Wildman–Crippen MR) is 76.1 cm³/mol. The summed E-state index contributed by atoms with van der Waals surface area (Å²) in [7, 11) is 0. The van der Waals surface area contributed by atoms with Crippen molar-refractivity contribution in [1.29, 1.82) is 0 Å². The molecule has 0 unspecified atom stereocenters. The van der Waals surface area contributed by atoms with Crippen LogP contribution < -0.4 is 11.1 Å². The summed E-state index contributed by atoms with van der Waals surface area (Å²) in [6.07, 6.45) is 0.847. The Morgan fingerprint density at radius 2 is 2.10 bits per heavy atom. The molecule has 1 aliphatic rings. The SMILES string of the molecule is Cc1ccc(C(N)=O)c(NCC2(C(=O)O)CCOCC2)n1. The first-order valence-corrected chi connectivity index (χ1v) is 6.77. The summed E-state index contributed by atoms with van der Waals surface area (Å²) in [6, 6.07) is 3.27. The summed E-state index contributed by atoms with van der Waals surface area (Å²) < 4.78 is 5.23. The van der Waals surface area contributed by atoms with Gasteiger partial charge in [0.15, 0.2) is 0 Å². The minimum Gasteiger partial charge on any atom is -0.481 e. The van der Waals surface area contributed by atoms with E-state index in [2.05, 4.69) is 10.3 Å². The van der Waals surface area contributed by atoms with Crippen molar-refractivity contribution < 1.29 is 19.4 Å². The molecule has 1 aromatic heterocycles. The number of hydrogen-bond donors (Lipinski definition) is 3. The summed E-state index contributed by atoms with van der Waals surface area (Å²) in [5.74, 6) is -1.14. The lowest BCUT2D eigenvalue weighted by Gasteiger charge is -2.33. The molecular formula is C14H19N3O4. The molecule has 114 valence electrons. The number of aryl methyl sites for hydroxylation is 1. The molecule has 0 aromatic carbocycles. The number of hydrogen-bond acceptors (Lipinski definition) is 5. The number of ether oxygens (including phenoxy) is 1. The molecule has 1 fully saturated rings. The lowest BCUT2D eigenvalue weighted by Crippen LogP contribution is -2.43. The lowest BCUT2D eigenvalue weighted by molar-refractivity contribution is -0.153. The van der Waals surface area contributed by atoms with Crippen LogP contribution >= 0.6 is 0 Å². The number of aliphatic carboxylic acids is 1. The van der Waals surface area contributed by atoms with Gasteiger partial charge < -0.3 is 20.9 Å². The molecule has 0 bridgehead atoms. The molecule has 0 aliphatic carbocycles. The molecule has 1 aliphatic heterocycles. The van der Waals surface area contributed by atoms with Crippen LogP contribution in [0.5, 0.6) is 0 Å². The number of rotatable bonds is 5. The molecule has 2 heterocycles. The molecule has 0 radical (unpaired) electrons. The number of nitrogens with one attached hydrogen (secondary N) is 1. The van der Waals surface area contributed by atoms with Gasteiger partial charge in [0.25, 0.3) is 5.91 Å². The summed E-state index contributed by atoms with van der Waals surface area (Å²) in [4.78, 5) is 27.2. The quantitative estimate of drug-likeness (QED) is 0.739. The highest BCUT2D eigenvalue weighted by Crippen LogP contribution is 2.31. The Balaban J connectivity index is 2.19. The van der Waals surface area contributed by atoms with Crippen LogP contribution in [0, 0.1) is 12.3 Å². The van der Waals surface area contributed by atoms with Gasteiger partial charge in [0.05, 0.1) is 11.0 Å². The summed E-state index contributed by atoms with van der Waals surface area (Å²) in [5, 5.41) is 12.5. The smallest absolute Gasteiger partial charge is 0.311 e. The van der Waals surface area contributed by atoms with Crippen molar-refractivity contribution in [1.82, 2.24) is 4.98 Å². The van der Waals surface area contributed by atoms with E-state index in [4.69, 9.17) is 10.5 Å². The van der Waals surface area contributed by atoms with Crippen molar-refractivity contribution >= 4 is 17.7 Å². The lowest BCUT2D eigenvalue weighted by atomic mass is 9.80. The van der Waals surface area contributed by atoms with Gasteiger partial charge in [-0.2, -0.15) is 0 Å². The predicted octanol–water partition coefficient (Wildman–Crippen LogP) is 0.782. The zero-order chi connectivity index (χ0) is 15.5. The van der Waals surface area contributed by atoms with Crippen molar-refractivity contribution in [3.05, 3.63) is 23.4 Å². The Hall–Kier alpha value is -2.15. The van der Waals surface area contributed by atoms with Crippen molar-refractivity contribution in [2.45, 2.75) is 19.8 Å². The van der Waals surface area contributed by atoms with Crippen LogP contribution in [0.25, 0.3) is 0 Å². The van der Waals surface area contributed by atoms with E-state index in [9.17, 15) is 14.7 Å². The maximum absolute atomic E-state index is 11.6. The Morgan fingerprint density at radius 3 is 2.67 bits per heavy atom. The van der Waals surface area contributed by atoms with Crippen LogP contribution in [0.3, 0.4) is 0 Å². The van der Waals surface area contributed by atoms with E-state index in [1.54, 1.807) is 19.1 Å². The zero-order valence-electron chi connectivity index (χ0n) is 11.9. The number of nitrogens with two attached hydrogens (primary N) is 1. The second kappa shape index (κ2) is 6.09. The van der Waals surface area contributed by atoms with E-state index in [1.807, 2.05) is 0 Å². The number of carbonyl (C=O) groups excluding carboxylic acids is 1. The largest absolute Gasteiger partial charge is 0.481 e. The van der Waals surface area contributed by atoms with E-state index >= 15 is 0 Å². The van der Waals surface area contributed by atoms with Crippen LogP contribution in [-0.4, -0.2) is 41.7 Å².